The predicted octanol–water partition coefficient (Wildman–Crippen LogP) is 3.85. The van der Waals surface area contributed by atoms with Crippen LogP contribution in [-0.4, -0.2) is 22.4 Å². The quantitative estimate of drug-likeness (QED) is 0.592. The third-order valence-corrected chi connectivity index (χ3v) is 5.88. The van der Waals surface area contributed by atoms with Gasteiger partial charge in [-0.15, -0.1) is 0 Å². The molecule has 1 aromatic carbocycles. The molecule has 0 aliphatic carbocycles. The van der Waals surface area contributed by atoms with Crippen molar-refractivity contribution in [3.63, 3.8) is 0 Å². The fourth-order valence-corrected chi connectivity index (χ4v) is 4.35. The zero-order valence-electron chi connectivity index (χ0n) is 13.1. The summed E-state index contributed by atoms with van der Waals surface area (Å²) in [4.78, 5) is 7.61. The third-order valence-electron chi connectivity index (χ3n) is 4.00. The molecule has 0 saturated carbocycles. The molecule has 0 spiro atoms. The van der Waals surface area contributed by atoms with E-state index in [1.807, 2.05) is 18.3 Å². The van der Waals surface area contributed by atoms with E-state index in [9.17, 15) is 8.42 Å². The minimum absolute atomic E-state index is 0.218. The summed E-state index contributed by atoms with van der Waals surface area (Å²) in [6.45, 7) is 0. The molecule has 7 heteroatoms. The van der Waals surface area contributed by atoms with Crippen molar-refractivity contribution in [1.29, 1.82) is 0 Å². The number of halogens is 1. The van der Waals surface area contributed by atoms with Crippen LogP contribution in [0.15, 0.2) is 72.0 Å². The second-order valence-corrected chi connectivity index (χ2v) is 7.92. The van der Waals surface area contributed by atoms with Crippen LogP contribution < -0.4 is 0 Å². The van der Waals surface area contributed by atoms with Gasteiger partial charge >= 0.3 is 0 Å². The molecule has 0 aliphatic rings. The Balaban J connectivity index is 1.93. The summed E-state index contributed by atoms with van der Waals surface area (Å²) in [5, 5.41) is 1.19. The Morgan fingerprint density at radius 1 is 1.12 bits per heavy atom. The Morgan fingerprint density at radius 2 is 1.92 bits per heavy atom. The van der Waals surface area contributed by atoms with E-state index < -0.39 is 10.0 Å². The molecule has 25 heavy (non-hydrogen) atoms. The smallest absolute Gasteiger partial charge is 0.269 e. The van der Waals surface area contributed by atoms with Crippen molar-refractivity contribution in [3.8, 4) is 0 Å². The van der Waals surface area contributed by atoms with Crippen LogP contribution in [0.4, 0.5) is 0 Å². The minimum Gasteiger partial charge on any atom is -0.365 e. The second kappa shape index (κ2) is 6.06. The van der Waals surface area contributed by atoms with Gasteiger partial charge in [0.15, 0.2) is 5.65 Å². The summed E-state index contributed by atoms with van der Waals surface area (Å²) in [5.74, 6) is 0. The van der Waals surface area contributed by atoms with Gasteiger partial charge in [-0.3, -0.25) is 0 Å². The maximum Gasteiger partial charge on any atom is 0.269 e. The van der Waals surface area contributed by atoms with E-state index >= 15 is 0 Å². The van der Waals surface area contributed by atoms with Crippen molar-refractivity contribution in [3.05, 3.63) is 83.4 Å². The first-order valence-corrected chi connectivity index (χ1v) is 9.46. The zero-order valence-corrected chi connectivity index (χ0v) is 14.6. The number of nitrogens with zero attached hydrogens (tertiary/aromatic N) is 2. The highest BCUT2D eigenvalue weighted by molar-refractivity contribution is 7.90. The van der Waals surface area contributed by atoms with E-state index in [4.69, 9.17) is 11.6 Å². The molecule has 0 saturated heterocycles. The number of H-pyrrole nitrogens is 1. The first kappa shape index (κ1) is 15.9. The Labute approximate surface area is 150 Å². The van der Waals surface area contributed by atoms with Gasteiger partial charge in [0, 0.05) is 36.1 Å². The first-order valence-electron chi connectivity index (χ1n) is 7.64. The third kappa shape index (κ3) is 2.83. The average Bonchev–Trinajstić information content (AvgIpc) is 3.24. The molecule has 5 nitrogen and oxygen atoms in total. The van der Waals surface area contributed by atoms with Crippen LogP contribution in [0.5, 0.6) is 0 Å². The zero-order chi connectivity index (χ0) is 17.4. The van der Waals surface area contributed by atoms with Crippen LogP contribution in [0.3, 0.4) is 0 Å². The molecule has 3 aromatic heterocycles. The molecule has 0 aliphatic heterocycles. The lowest BCUT2D eigenvalue weighted by atomic mass is 10.1. The number of fused-ring (bicyclic) bond motifs is 1. The molecule has 126 valence electrons. The first-order chi connectivity index (χ1) is 12.1. The second-order valence-electron chi connectivity index (χ2n) is 5.67. The molecule has 0 bridgehead atoms. The van der Waals surface area contributed by atoms with Crippen molar-refractivity contribution in [1.82, 2.24) is 13.9 Å². The van der Waals surface area contributed by atoms with Crippen molar-refractivity contribution in [2.45, 2.75) is 11.3 Å². The van der Waals surface area contributed by atoms with E-state index in [0.29, 0.717) is 17.1 Å². The van der Waals surface area contributed by atoms with Gasteiger partial charge in [0.1, 0.15) is 0 Å². The fraction of sp³-hybridized carbons (Fsp3) is 0.0556. The van der Waals surface area contributed by atoms with E-state index in [1.54, 1.807) is 42.6 Å². The minimum atomic E-state index is -3.74. The van der Waals surface area contributed by atoms with Gasteiger partial charge in [0.05, 0.1) is 9.92 Å². The average molecular weight is 372 g/mol. The lowest BCUT2D eigenvalue weighted by molar-refractivity contribution is 0.588. The van der Waals surface area contributed by atoms with Crippen LogP contribution >= 0.6 is 11.6 Å². The Kier molecular flexibility index (Phi) is 3.86. The number of hydrogen-bond donors (Lipinski definition) is 1. The van der Waals surface area contributed by atoms with E-state index in [1.165, 1.54) is 10.2 Å². The molecular weight excluding hydrogens is 358 g/mol. The highest BCUT2D eigenvalue weighted by Crippen LogP contribution is 2.28. The maximum atomic E-state index is 13.0. The molecule has 4 aromatic rings. The highest BCUT2D eigenvalue weighted by atomic mass is 35.5. The Morgan fingerprint density at radius 3 is 2.64 bits per heavy atom. The van der Waals surface area contributed by atoms with Crippen LogP contribution in [-0.2, 0) is 16.4 Å². The molecule has 0 amide bonds. The number of aromatic amines is 1. The van der Waals surface area contributed by atoms with E-state index in [2.05, 4.69) is 9.97 Å². The highest BCUT2D eigenvalue weighted by Gasteiger charge is 2.22. The number of hydrogen-bond acceptors (Lipinski definition) is 3. The topological polar surface area (TPSA) is 67.8 Å². The summed E-state index contributed by atoms with van der Waals surface area (Å²) >= 11 is 6.08. The van der Waals surface area contributed by atoms with Gasteiger partial charge in [-0.1, -0.05) is 29.8 Å². The molecule has 0 radical (unpaired) electrons. The van der Waals surface area contributed by atoms with Crippen molar-refractivity contribution in [2.24, 2.45) is 0 Å². The molecule has 1 N–H and O–H groups in total. The Hall–Kier alpha value is -2.57. The standard InChI is InChI=1S/C18H14ClN3O2S/c19-14-10-17-13(9-15-5-4-8-20-15)12-22(18(17)21-11-14)25(23,24)16-6-2-1-3-7-16/h1-8,10-12,20H,9H2. The normalized spacial score (nSPS) is 11.9. The predicted molar refractivity (Wildman–Crippen MR) is 97.4 cm³/mol. The summed E-state index contributed by atoms with van der Waals surface area (Å²) in [6.07, 6.45) is 5.47. The molecule has 4 rings (SSSR count). The molecule has 0 atom stereocenters. The maximum absolute atomic E-state index is 13.0. The van der Waals surface area contributed by atoms with E-state index in [-0.39, 0.29) is 4.90 Å². The van der Waals surface area contributed by atoms with Crippen molar-refractivity contribution in [2.75, 3.05) is 0 Å². The SMILES string of the molecule is O=S(=O)(c1ccccc1)n1cc(Cc2ccc[nH]2)c2cc(Cl)cnc21. The number of aromatic nitrogens is 3. The van der Waals surface area contributed by atoms with Gasteiger partial charge in [0.25, 0.3) is 10.0 Å². The van der Waals surface area contributed by atoms with Gasteiger partial charge in [-0.2, -0.15) is 0 Å². The van der Waals surface area contributed by atoms with E-state index in [0.717, 1.165) is 16.6 Å². The Bertz CT molecular complexity index is 1130. The van der Waals surface area contributed by atoms with Gasteiger partial charge < -0.3 is 4.98 Å². The molecular formula is C18H14ClN3O2S. The fourth-order valence-electron chi connectivity index (χ4n) is 2.83. The lowest BCUT2D eigenvalue weighted by Crippen LogP contribution is -2.12. The lowest BCUT2D eigenvalue weighted by Gasteiger charge is -2.06. The summed E-state index contributed by atoms with van der Waals surface area (Å²) in [6, 6.07) is 13.9. The molecule has 0 fully saturated rings. The van der Waals surface area contributed by atoms with Crippen LogP contribution in [0.2, 0.25) is 5.02 Å². The monoisotopic (exact) mass is 371 g/mol. The number of rotatable bonds is 4. The van der Waals surface area contributed by atoms with Crippen LogP contribution in [0.1, 0.15) is 11.3 Å². The summed E-state index contributed by atoms with van der Waals surface area (Å²) in [5.41, 5.74) is 2.19. The van der Waals surface area contributed by atoms with Crippen molar-refractivity contribution >= 4 is 32.7 Å². The largest absolute Gasteiger partial charge is 0.365 e. The summed E-state index contributed by atoms with van der Waals surface area (Å²) in [7, 11) is -3.74. The summed E-state index contributed by atoms with van der Waals surface area (Å²) < 4.78 is 27.3. The van der Waals surface area contributed by atoms with Gasteiger partial charge in [-0.25, -0.2) is 17.4 Å². The molecule has 3 heterocycles. The number of nitrogens with one attached hydrogen (secondary N) is 1. The molecule has 0 unspecified atom stereocenters. The van der Waals surface area contributed by atoms with Gasteiger partial charge in [-0.05, 0) is 35.9 Å². The van der Waals surface area contributed by atoms with Crippen LogP contribution in [0.25, 0.3) is 11.0 Å². The van der Waals surface area contributed by atoms with Gasteiger partial charge in [0.2, 0.25) is 0 Å². The van der Waals surface area contributed by atoms with Crippen molar-refractivity contribution < 1.29 is 8.42 Å². The number of pyridine rings is 1. The number of benzene rings is 1. The van der Waals surface area contributed by atoms with Crippen LogP contribution in [0, 0.1) is 0 Å².